The zero-order chi connectivity index (χ0) is 24.1. The Kier molecular flexibility index (Phi) is 6.18. The number of nitrogens with one attached hydrogen (secondary N) is 2. The molecule has 1 saturated heterocycles. The molecule has 174 valence electrons. The van der Waals surface area contributed by atoms with Crippen LogP contribution < -0.4 is 20.1 Å². The summed E-state index contributed by atoms with van der Waals surface area (Å²) in [5.74, 6) is 0.493. The fourth-order valence-electron chi connectivity index (χ4n) is 4.25. The second kappa shape index (κ2) is 9.73. The van der Waals surface area contributed by atoms with Crippen LogP contribution in [0.2, 0.25) is 0 Å². The number of para-hydroxylation sites is 2. The number of benzene rings is 4. The third-order valence-corrected chi connectivity index (χ3v) is 5.93. The molecule has 1 aliphatic rings. The average Bonchev–Trinajstić information content (AvgIpc) is 3.21. The largest absolute Gasteiger partial charge is 0.489 e. The van der Waals surface area contributed by atoms with E-state index in [9.17, 15) is 9.59 Å². The van der Waals surface area contributed by atoms with Crippen LogP contribution in [0.1, 0.15) is 22.3 Å². The highest BCUT2D eigenvalue weighted by Crippen LogP contribution is 2.42. The molecule has 0 aromatic heterocycles. The molecule has 6 heteroatoms. The maximum absolute atomic E-state index is 13.5. The Morgan fingerprint density at radius 2 is 1.00 bits per heavy atom. The number of imide groups is 1. The molecular formula is C29H24N2O4. The molecule has 5 rings (SSSR count). The Morgan fingerprint density at radius 1 is 0.571 bits per heavy atom. The van der Waals surface area contributed by atoms with E-state index < -0.39 is 17.5 Å². The summed E-state index contributed by atoms with van der Waals surface area (Å²) in [6, 6.07) is 33.4. The Morgan fingerprint density at radius 3 is 1.43 bits per heavy atom. The number of ether oxygens (including phenoxy) is 2. The van der Waals surface area contributed by atoms with E-state index in [4.69, 9.17) is 9.47 Å². The number of rotatable bonds is 8. The highest BCUT2D eigenvalue weighted by molar-refractivity contribution is 6.10. The van der Waals surface area contributed by atoms with Crippen molar-refractivity contribution in [2.24, 2.45) is 0 Å². The van der Waals surface area contributed by atoms with Gasteiger partial charge >= 0.3 is 6.03 Å². The van der Waals surface area contributed by atoms with E-state index in [2.05, 4.69) is 10.6 Å². The number of carbonyl (C=O) groups is 2. The number of carbonyl (C=O) groups excluding carboxylic acids is 2. The van der Waals surface area contributed by atoms with Crippen LogP contribution in [0.25, 0.3) is 0 Å². The van der Waals surface area contributed by atoms with E-state index in [1.54, 1.807) is 24.3 Å². The van der Waals surface area contributed by atoms with Gasteiger partial charge in [-0.2, -0.15) is 0 Å². The molecule has 6 nitrogen and oxygen atoms in total. The van der Waals surface area contributed by atoms with Crippen LogP contribution in [0, 0.1) is 0 Å². The normalized spacial score (nSPS) is 14.2. The van der Waals surface area contributed by atoms with Crippen LogP contribution in [0.4, 0.5) is 4.79 Å². The number of urea groups is 1. The van der Waals surface area contributed by atoms with Crippen molar-refractivity contribution in [3.8, 4) is 11.5 Å². The first-order valence-electron chi connectivity index (χ1n) is 11.3. The van der Waals surface area contributed by atoms with Gasteiger partial charge < -0.3 is 14.8 Å². The third kappa shape index (κ3) is 4.46. The molecule has 4 aromatic carbocycles. The zero-order valence-electron chi connectivity index (χ0n) is 18.9. The molecule has 35 heavy (non-hydrogen) atoms. The number of hydrogen-bond donors (Lipinski definition) is 2. The molecule has 0 radical (unpaired) electrons. The van der Waals surface area contributed by atoms with Gasteiger partial charge in [0.1, 0.15) is 24.7 Å². The van der Waals surface area contributed by atoms with Crippen LogP contribution in [0.5, 0.6) is 11.5 Å². The van der Waals surface area contributed by atoms with Gasteiger partial charge in [0.25, 0.3) is 5.91 Å². The van der Waals surface area contributed by atoms with E-state index in [1.165, 1.54) is 0 Å². The summed E-state index contributed by atoms with van der Waals surface area (Å²) in [4.78, 5) is 25.9. The van der Waals surface area contributed by atoms with E-state index in [0.29, 0.717) is 35.8 Å². The zero-order valence-corrected chi connectivity index (χ0v) is 18.9. The average molecular weight is 465 g/mol. The van der Waals surface area contributed by atoms with Crippen molar-refractivity contribution >= 4 is 11.9 Å². The quantitative estimate of drug-likeness (QED) is 0.363. The second-order valence-electron chi connectivity index (χ2n) is 8.20. The maximum atomic E-state index is 13.5. The molecule has 0 saturated carbocycles. The molecule has 3 amide bonds. The van der Waals surface area contributed by atoms with Crippen molar-refractivity contribution in [1.82, 2.24) is 10.6 Å². The Hall–Kier alpha value is -4.58. The second-order valence-corrected chi connectivity index (χ2v) is 8.20. The van der Waals surface area contributed by atoms with Crippen molar-refractivity contribution < 1.29 is 19.1 Å². The molecule has 0 atom stereocenters. The molecule has 0 bridgehead atoms. The molecule has 2 N–H and O–H groups in total. The predicted octanol–water partition coefficient (Wildman–Crippen LogP) is 4.93. The van der Waals surface area contributed by atoms with E-state index in [1.807, 2.05) is 84.9 Å². The topological polar surface area (TPSA) is 76.7 Å². The van der Waals surface area contributed by atoms with Gasteiger partial charge in [0.05, 0.1) is 0 Å². The summed E-state index contributed by atoms with van der Waals surface area (Å²) < 4.78 is 12.3. The highest BCUT2D eigenvalue weighted by atomic mass is 16.5. The minimum Gasteiger partial charge on any atom is -0.489 e. The third-order valence-electron chi connectivity index (χ3n) is 5.93. The summed E-state index contributed by atoms with van der Waals surface area (Å²) in [6.45, 7) is 0.630. The van der Waals surface area contributed by atoms with Crippen LogP contribution in [0.3, 0.4) is 0 Å². The number of hydrogen-bond acceptors (Lipinski definition) is 4. The van der Waals surface area contributed by atoms with Gasteiger partial charge in [0, 0.05) is 11.1 Å². The molecule has 1 fully saturated rings. The first kappa shape index (κ1) is 22.2. The Bertz CT molecular complexity index is 1250. The van der Waals surface area contributed by atoms with Crippen LogP contribution >= 0.6 is 0 Å². The van der Waals surface area contributed by atoms with Gasteiger partial charge in [-0.05, 0) is 23.3 Å². The first-order valence-corrected chi connectivity index (χ1v) is 11.3. The smallest absolute Gasteiger partial charge is 0.322 e. The standard InChI is InChI=1S/C29H24N2O4/c32-27-29(31-28(33)30-27,23-15-7-9-17-25(23)34-19-21-11-3-1-4-12-21)24-16-8-10-18-26(24)35-20-22-13-5-2-6-14-22/h1-18H,19-20H2,(H2,30,31,32,33). The van der Waals surface area contributed by atoms with Crippen LogP contribution in [0.15, 0.2) is 109 Å². The molecule has 0 spiro atoms. The van der Waals surface area contributed by atoms with Crippen molar-refractivity contribution in [1.29, 1.82) is 0 Å². The van der Waals surface area contributed by atoms with Crippen molar-refractivity contribution in [3.63, 3.8) is 0 Å². The van der Waals surface area contributed by atoms with Gasteiger partial charge in [0.2, 0.25) is 0 Å². The van der Waals surface area contributed by atoms with Crippen molar-refractivity contribution in [3.05, 3.63) is 131 Å². The summed E-state index contributed by atoms with van der Waals surface area (Å²) in [5.41, 5.74) is 1.51. The first-order chi connectivity index (χ1) is 17.2. The summed E-state index contributed by atoms with van der Waals surface area (Å²) >= 11 is 0. The molecule has 4 aromatic rings. The van der Waals surface area contributed by atoms with Gasteiger partial charge in [-0.3, -0.25) is 10.1 Å². The van der Waals surface area contributed by atoms with Gasteiger partial charge in [-0.25, -0.2) is 4.79 Å². The van der Waals surface area contributed by atoms with E-state index in [0.717, 1.165) is 11.1 Å². The van der Waals surface area contributed by atoms with Crippen molar-refractivity contribution in [2.75, 3.05) is 0 Å². The molecular weight excluding hydrogens is 440 g/mol. The fourth-order valence-corrected chi connectivity index (χ4v) is 4.25. The lowest BCUT2D eigenvalue weighted by Crippen LogP contribution is -2.45. The minimum atomic E-state index is -1.52. The SMILES string of the molecule is O=C1NC(=O)C(c2ccccc2OCc2ccccc2)(c2ccccc2OCc2ccccc2)N1. The summed E-state index contributed by atoms with van der Waals surface area (Å²) in [7, 11) is 0. The van der Waals surface area contributed by atoms with Crippen LogP contribution in [-0.4, -0.2) is 11.9 Å². The molecule has 1 heterocycles. The Balaban J connectivity index is 1.56. The molecule has 0 unspecified atom stereocenters. The summed E-state index contributed by atoms with van der Waals surface area (Å²) in [5, 5.41) is 5.27. The maximum Gasteiger partial charge on any atom is 0.322 e. The lowest BCUT2D eigenvalue weighted by molar-refractivity contribution is -0.123. The van der Waals surface area contributed by atoms with Crippen molar-refractivity contribution in [2.45, 2.75) is 18.8 Å². The van der Waals surface area contributed by atoms with Gasteiger partial charge in [-0.15, -0.1) is 0 Å². The monoisotopic (exact) mass is 464 g/mol. The lowest BCUT2D eigenvalue weighted by atomic mass is 9.81. The Labute approximate surface area is 203 Å². The van der Waals surface area contributed by atoms with E-state index >= 15 is 0 Å². The van der Waals surface area contributed by atoms with Gasteiger partial charge in [0.15, 0.2) is 5.54 Å². The van der Waals surface area contributed by atoms with E-state index in [-0.39, 0.29) is 0 Å². The molecule has 1 aliphatic heterocycles. The summed E-state index contributed by atoms with van der Waals surface area (Å²) in [6.07, 6.45) is 0. The predicted molar refractivity (Wildman–Crippen MR) is 132 cm³/mol. The molecule has 0 aliphatic carbocycles. The minimum absolute atomic E-state index is 0.315. The van der Waals surface area contributed by atoms with Gasteiger partial charge in [-0.1, -0.05) is 97.1 Å². The highest BCUT2D eigenvalue weighted by Gasteiger charge is 2.52. The van der Waals surface area contributed by atoms with Crippen LogP contribution in [-0.2, 0) is 23.5 Å². The number of amides is 3. The fraction of sp³-hybridized carbons (Fsp3) is 0.103. The lowest BCUT2D eigenvalue weighted by Gasteiger charge is -2.30.